The number of nitrogens with zero attached hydrogens (tertiary/aromatic N) is 3. The van der Waals surface area contributed by atoms with Crippen molar-refractivity contribution in [2.45, 2.75) is 13.0 Å². The van der Waals surface area contributed by atoms with Gasteiger partial charge in [0.05, 0.1) is 17.2 Å². The van der Waals surface area contributed by atoms with Gasteiger partial charge in [-0.05, 0) is 13.0 Å². The van der Waals surface area contributed by atoms with Crippen molar-refractivity contribution in [1.29, 1.82) is 0 Å². The first-order valence-electron chi connectivity index (χ1n) is 5.24. The van der Waals surface area contributed by atoms with Crippen molar-refractivity contribution in [3.05, 3.63) is 40.2 Å². The first-order valence-corrected chi connectivity index (χ1v) is 5.24. The molecule has 0 aliphatic heterocycles. The van der Waals surface area contributed by atoms with E-state index in [0.717, 1.165) is 5.56 Å². The predicted octanol–water partition coefficient (Wildman–Crippen LogP) is 1.47. The topological polar surface area (TPSA) is 123 Å². The largest absolute Gasteiger partial charge is 0.378 e. The van der Waals surface area contributed by atoms with Gasteiger partial charge in [-0.2, -0.15) is 5.10 Å². The van der Waals surface area contributed by atoms with Crippen LogP contribution in [-0.4, -0.2) is 20.1 Å². The van der Waals surface area contributed by atoms with Gasteiger partial charge >= 0.3 is 5.69 Å². The van der Waals surface area contributed by atoms with Crippen molar-refractivity contribution in [3.8, 4) is 0 Å². The monoisotopic (exact) mass is 248 g/mol. The number of rotatable bonds is 4. The van der Waals surface area contributed by atoms with Crippen LogP contribution in [0.1, 0.15) is 18.5 Å². The Balaban J connectivity index is 2.15. The van der Waals surface area contributed by atoms with Crippen LogP contribution in [0, 0.1) is 10.1 Å². The molecule has 1 unspecified atom stereocenters. The summed E-state index contributed by atoms with van der Waals surface area (Å²) in [6.07, 6.45) is 3.44. The Morgan fingerprint density at radius 2 is 2.33 bits per heavy atom. The Kier molecular flexibility index (Phi) is 3.09. The molecule has 1 atom stereocenters. The molecule has 0 saturated heterocycles. The molecule has 18 heavy (non-hydrogen) atoms. The Morgan fingerprint density at radius 3 is 2.89 bits per heavy atom. The van der Waals surface area contributed by atoms with E-state index in [9.17, 15) is 10.1 Å². The smallest absolute Gasteiger partial charge is 0.311 e. The number of pyridine rings is 1. The van der Waals surface area contributed by atoms with Gasteiger partial charge in [-0.15, -0.1) is 0 Å². The van der Waals surface area contributed by atoms with Crippen molar-refractivity contribution in [2.75, 3.05) is 11.1 Å². The zero-order valence-electron chi connectivity index (χ0n) is 9.62. The minimum Gasteiger partial charge on any atom is -0.378 e. The van der Waals surface area contributed by atoms with Gasteiger partial charge in [-0.25, -0.2) is 4.98 Å². The Hall–Kier alpha value is -2.64. The van der Waals surface area contributed by atoms with Crippen molar-refractivity contribution < 1.29 is 4.92 Å². The fourth-order valence-corrected chi connectivity index (χ4v) is 1.51. The van der Waals surface area contributed by atoms with Crippen LogP contribution in [-0.2, 0) is 0 Å². The van der Waals surface area contributed by atoms with Gasteiger partial charge in [0, 0.05) is 17.8 Å². The van der Waals surface area contributed by atoms with Crippen molar-refractivity contribution in [2.24, 2.45) is 0 Å². The van der Waals surface area contributed by atoms with Gasteiger partial charge in [-0.3, -0.25) is 15.2 Å². The van der Waals surface area contributed by atoms with E-state index >= 15 is 0 Å². The first kappa shape index (κ1) is 11.8. The number of nitrogen functional groups attached to an aromatic ring is 1. The Bertz CT molecular complexity index is 554. The van der Waals surface area contributed by atoms with E-state index in [1.54, 1.807) is 12.4 Å². The molecule has 0 radical (unpaired) electrons. The van der Waals surface area contributed by atoms with Gasteiger partial charge in [-0.1, -0.05) is 0 Å². The molecule has 94 valence electrons. The van der Waals surface area contributed by atoms with Crippen LogP contribution in [0.3, 0.4) is 0 Å². The summed E-state index contributed by atoms with van der Waals surface area (Å²) in [5.74, 6) is 0.371. The lowest BCUT2D eigenvalue weighted by Crippen LogP contribution is -2.08. The van der Waals surface area contributed by atoms with Crippen LogP contribution in [0.15, 0.2) is 24.5 Å². The fourth-order valence-electron chi connectivity index (χ4n) is 1.51. The number of nitrogens with one attached hydrogen (secondary N) is 2. The fraction of sp³-hybridized carbons (Fsp3) is 0.200. The standard InChI is InChI=1S/C10H12N6O2/c1-6(7-4-12-13-5-7)14-9-3-2-8(16(17)18)10(11)15-9/h2-6H,1H3,(H,12,13)(H3,11,14,15). The van der Waals surface area contributed by atoms with Crippen molar-refractivity contribution in [3.63, 3.8) is 0 Å². The van der Waals surface area contributed by atoms with Gasteiger partial charge < -0.3 is 11.1 Å². The SMILES string of the molecule is CC(Nc1ccc([N+](=O)[O-])c(N)n1)c1cn[nH]c1. The number of anilines is 2. The maximum atomic E-state index is 10.6. The number of hydrogen-bond acceptors (Lipinski definition) is 6. The molecule has 2 rings (SSSR count). The van der Waals surface area contributed by atoms with E-state index < -0.39 is 4.92 Å². The molecule has 0 aliphatic carbocycles. The summed E-state index contributed by atoms with van der Waals surface area (Å²) in [5, 5.41) is 20.2. The predicted molar refractivity (Wildman–Crippen MR) is 65.9 cm³/mol. The molecule has 8 heteroatoms. The zero-order valence-corrected chi connectivity index (χ0v) is 9.62. The van der Waals surface area contributed by atoms with Crippen molar-refractivity contribution >= 4 is 17.3 Å². The van der Waals surface area contributed by atoms with Gasteiger partial charge in [0.15, 0.2) is 0 Å². The van der Waals surface area contributed by atoms with Gasteiger partial charge in [0.25, 0.3) is 0 Å². The van der Waals surface area contributed by atoms with Gasteiger partial charge in [0.1, 0.15) is 5.82 Å². The second kappa shape index (κ2) is 4.70. The molecule has 4 N–H and O–H groups in total. The van der Waals surface area contributed by atoms with E-state index in [2.05, 4.69) is 20.5 Å². The lowest BCUT2D eigenvalue weighted by Gasteiger charge is -2.12. The number of hydrogen-bond donors (Lipinski definition) is 3. The molecule has 0 bridgehead atoms. The minimum absolute atomic E-state index is 0.0305. The highest BCUT2D eigenvalue weighted by atomic mass is 16.6. The molecule has 0 saturated carbocycles. The molecule has 0 aromatic carbocycles. The van der Waals surface area contributed by atoms with E-state index in [4.69, 9.17) is 5.73 Å². The summed E-state index contributed by atoms with van der Waals surface area (Å²) in [6, 6.07) is 2.81. The molecule has 8 nitrogen and oxygen atoms in total. The average Bonchev–Trinajstić information content (AvgIpc) is 2.81. The number of aromatic amines is 1. The summed E-state index contributed by atoms with van der Waals surface area (Å²) in [6.45, 7) is 1.92. The maximum Gasteiger partial charge on any atom is 0.311 e. The molecule has 2 aromatic rings. The highest BCUT2D eigenvalue weighted by Crippen LogP contribution is 2.23. The Morgan fingerprint density at radius 1 is 1.56 bits per heavy atom. The summed E-state index contributed by atoms with van der Waals surface area (Å²) in [4.78, 5) is 14.0. The summed E-state index contributed by atoms with van der Waals surface area (Å²) < 4.78 is 0. The highest BCUT2D eigenvalue weighted by Gasteiger charge is 2.14. The summed E-state index contributed by atoms with van der Waals surface area (Å²) in [7, 11) is 0. The molecule has 0 aliphatic rings. The second-order valence-electron chi connectivity index (χ2n) is 3.76. The molecular weight excluding hydrogens is 236 g/mol. The molecule has 0 spiro atoms. The lowest BCUT2D eigenvalue weighted by atomic mass is 10.2. The quantitative estimate of drug-likeness (QED) is 0.556. The molecule has 0 amide bonds. The van der Waals surface area contributed by atoms with E-state index in [1.807, 2.05) is 6.92 Å². The Labute approximate surface area is 102 Å². The number of nitrogens with two attached hydrogens (primary N) is 1. The molecule has 0 fully saturated rings. The second-order valence-corrected chi connectivity index (χ2v) is 3.76. The zero-order chi connectivity index (χ0) is 13.1. The third-order valence-electron chi connectivity index (χ3n) is 2.48. The highest BCUT2D eigenvalue weighted by molar-refractivity contribution is 5.57. The molecule has 2 heterocycles. The lowest BCUT2D eigenvalue weighted by molar-refractivity contribution is -0.384. The normalized spacial score (nSPS) is 12.1. The summed E-state index contributed by atoms with van der Waals surface area (Å²) in [5.41, 5.74) is 6.26. The van der Waals surface area contributed by atoms with E-state index in [1.165, 1.54) is 12.1 Å². The summed E-state index contributed by atoms with van der Waals surface area (Å²) >= 11 is 0. The van der Waals surface area contributed by atoms with Crippen LogP contribution >= 0.6 is 0 Å². The van der Waals surface area contributed by atoms with E-state index in [0.29, 0.717) is 5.82 Å². The van der Waals surface area contributed by atoms with Crippen LogP contribution in [0.4, 0.5) is 17.3 Å². The van der Waals surface area contributed by atoms with Crippen LogP contribution in [0.25, 0.3) is 0 Å². The third kappa shape index (κ3) is 2.37. The number of aromatic nitrogens is 3. The van der Waals surface area contributed by atoms with Crippen LogP contribution < -0.4 is 11.1 Å². The molecule has 2 aromatic heterocycles. The molecular formula is C10H12N6O2. The third-order valence-corrected chi connectivity index (χ3v) is 2.48. The number of H-pyrrole nitrogens is 1. The first-order chi connectivity index (χ1) is 8.58. The van der Waals surface area contributed by atoms with Crippen LogP contribution in [0.2, 0.25) is 0 Å². The van der Waals surface area contributed by atoms with Crippen molar-refractivity contribution in [1.82, 2.24) is 15.2 Å². The van der Waals surface area contributed by atoms with Crippen LogP contribution in [0.5, 0.6) is 0 Å². The average molecular weight is 248 g/mol. The number of nitro groups is 1. The minimum atomic E-state index is -0.564. The maximum absolute atomic E-state index is 10.6. The van der Waals surface area contributed by atoms with E-state index in [-0.39, 0.29) is 17.5 Å². The van der Waals surface area contributed by atoms with Gasteiger partial charge in [0.2, 0.25) is 5.82 Å².